The standard InChI is InChI=1S/C25H29I/c1-25(2)23-6-4-3-5-21(23)22-12-10-19(15-24(22)25)16-7-8-18-14-20(26)11-9-17(18)13-16/h3-8,10,12,16-18,20,24H,9,11,13-15H2,1-2H3. The van der Waals surface area contributed by atoms with Crippen LogP contribution in [0.3, 0.4) is 0 Å². The predicted molar refractivity (Wildman–Crippen MR) is 120 cm³/mol. The minimum atomic E-state index is 0.252. The summed E-state index contributed by atoms with van der Waals surface area (Å²) >= 11 is 2.66. The zero-order chi connectivity index (χ0) is 17.9. The highest BCUT2D eigenvalue weighted by atomic mass is 127. The lowest BCUT2D eigenvalue weighted by Crippen LogP contribution is -2.30. The zero-order valence-electron chi connectivity index (χ0n) is 15.9. The maximum Gasteiger partial charge on any atom is 0.0115 e. The number of rotatable bonds is 1. The van der Waals surface area contributed by atoms with Gasteiger partial charge in [0, 0.05) is 3.92 Å². The lowest BCUT2D eigenvalue weighted by Gasteiger charge is -2.39. The molecule has 0 heterocycles. The van der Waals surface area contributed by atoms with Gasteiger partial charge in [-0.15, -0.1) is 0 Å². The van der Waals surface area contributed by atoms with Crippen LogP contribution in [0.1, 0.15) is 57.1 Å². The summed E-state index contributed by atoms with van der Waals surface area (Å²) in [7, 11) is 0. The minimum absolute atomic E-state index is 0.252. The highest BCUT2D eigenvalue weighted by Crippen LogP contribution is 2.55. The molecule has 136 valence electrons. The summed E-state index contributed by atoms with van der Waals surface area (Å²) in [5.74, 6) is 3.11. The lowest BCUT2D eigenvalue weighted by molar-refractivity contribution is 0.246. The largest absolute Gasteiger partial charge is 0.0845 e. The van der Waals surface area contributed by atoms with Crippen LogP contribution in [0.5, 0.6) is 0 Å². The van der Waals surface area contributed by atoms with Gasteiger partial charge in [-0.05, 0) is 77.9 Å². The Morgan fingerprint density at radius 1 is 1.00 bits per heavy atom. The van der Waals surface area contributed by atoms with Crippen molar-refractivity contribution < 1.29 is 0 Å². The molecule has 5 rings (SSSR count). The van der Waals surface area contributed by atoms with E-state index in [2.05, 4.69) is 85.0 Å². The van der Waals surface area contributed by atoms with Gasteiger partial charge >= 0.3 is 0 Å². The quantitative estimate of drug-likeness (QED) is 0.240. The van der Waals surface area contributed by atoms with Crippen LogP contribution < -0.4 is 0 Å². The van der Waals surface area contributed by atoms with Crippen molar-refractivity contribution in [1.82, 2.24) is 0 Å². The molecule has 0 amide bonds. The van der Waals surface area contributed by atoms with Crippen molar-refractivity contribution in [3.8, 4) is 0 Å². The molecule has 1 aromatic rings. The summed E-state index contributed by atoms with van der Waals surface area (Å²) in [4.78, 5) is 0. The van der Waals surface area contributed by atoms with Crippen molar-refractivity contribution in [2.75, 3.05) is 0 Å². The average Bonchev–Trinajstić information content (AvgIpc) is 2.89. The van der Waals surface area contributed by atoms with Crippen molar-refractivity contribution in [1.29, 1.82) is 0 Å². The van der Waals surface area contributed by atoms with E-state index in [-0.39, 0.29) is 5.41 Å². The van der Waals surface area contributed by atoms with Crippen LogP contribution in [0.4, 0.5) is 0 Å². The van der Waals surface area contributed by atoms with Crippen LogP contribution in [-0.2, 0) is 5.41 Å². The molecular weight excluding hydrogens is 427 g/mol. The van der Waals surface area contributed by atoms with Gasteiger partial charge < -0.3 is 0 Å². The third-order valence-corrected chi connectivity index (χ3v) is 8.83. The summed E-state index contributed by atoms with van der Waals surface area (Å²) in [6.45, 7) is 4.91. The first-order valence-corrected chi connectivity index (χ1v) is 11.6. The highest BCUT2D eigenvalue weighted by molar-refractivity contribution is 14.1. The Kier molecular flexibility index (Phi) is 4.23. The molecule has 4 aliphatic carbocycles. The first kappa shape index (κ1) is 17.3. The Hall–Kier alpha value is -0.830. The fourth-order valence-corrected chi connectivity index (χ4v) is 7.05. The van der Waals surface area contributed by atoms with Crippen molar-refractivity contribution in [2.45, 2.75) is 55.3 Å². The van der Waals surface area contributed by atoms with Crippen LogP contribution in [0.2, 0.25) is 0 Å². The molecule has 5 atom stereocenters. The number of hydrogen-bond donors (Lipinski definition) is 0. The molecular formula is C25H29I. The van der Waals surface area contributed by atoms with E-state index in [1.165, 1.54) is 37.7 Å². The van der Waals surface area contributed by atoms with E-state index in [1.54, 1.807) is 16.7 Å². The zero-order valence-corrected chi connectivity index (χ0v) is 18.1. The second-order valence-electron chi connectivity index (χ2n) is 9.45. The van der Waals surface area contributed by atoms with Gasteiger partial charge in [0.1, 0.15) is 0 Å². The lowest BCUT2D eigenvalue weighted by atomic mass is 9.66. The molecule has 0 N–H and O–H groups in total. The molecule has 0 radical (unpaired) electrons. The summed E-state index contributed by atoms with van der Waals surface area (Å²) in [5, 5.41) is 0. The molecule has 1 fully saturated rings. The van der Waals surface area contributed by atoms with Gasteiger partial charge in [-0.1, -0.05) is 90.6 Å². The van der Waals surface area contributed by atoms with Gasteiger partial charge in [0.2, 0.25) is 0 Å². The minimum Gasteiger partial charge on any atom is -0.0845 e. The Morgan fingerprint density at radius 3 is 2.73 bits per heavy atom. The van der Waals surface area contributed by atoms with E-state index in [0.29, 0.717) is 11.8 Å². The second kappa shape index (κ2) is 6.36. The number of alkyl halides is 1. The van der Waals surface area contributed by atoms with Crippen molar-refractivity contribution in [2.24, 2.45) is 23.7 Å². The third kappa shape index (κ3) is 2.68. The molecule has 26 heavy (non-hydrogen) atoms. The highest BCUT2D eigenvalue weighted by Gasteiger charge is 2.44. The molecule has 0 nitrogen and oxygen atoms in total. The van der Waals surface area contributed by atoms with Crippen LogP contribution in [0.25, 0.3) is 5.57 Å². The van der Waals surface area contributed by atoms with Gasteiger partial charge in [-0.3, -0.25) is 0 Å². The molecule has 1 heteroatoms. The number of fused-ring (bicyclic) bond motifs is 4. The summed E-state index contributed by atoms with van der Waals surface area (Å²) < 4.78 is 0.896. The third-order valence-electron chi connectivity index (χ3n) is 7.70. The summed E-state index contributed by atoms with van der Waals surface area (Å²) in [6, 6.07) is 9.09. The Labute approximate surface area is 172 Å². The predicted octanol–water partition coefficient (Wildman–Crippen LogP) is 7.10. The average molecular weight is 456 g/mol. The van der Waals surface area contributed by atoms with Crippen molar-refractivity contribution in [3.05, 3.63) is 65.3 Å². The van der Waals surface area contributed by atoms with Gasteiger partial charge in [0.25, 0.3) is 0 Å². The normalized spacial score (nSPS) is 37.3. The molecule has 5 unspecified atom stereocenters. The summed E-state index contributed by atoms with van der Waals surface area (Å²) in [6.07, 6.45) is 17.0. The molecule has 0 aromatic heterocycles. The molecule has 0 spiro atoms. The molecule has 0 aliphatic heterocycles. The smallest absolute Gasteiger partial charge is 0.0115 e. The topological polar surface area (TPSA) is 0 Å². The van der Waals surface area contributed by atoms with E-state index in [4.69, 9.17) is 0 Å². The summed E-state index contributed by atoms with van der Waals surface area (Å²) in [5.41, 5.74) is 6.56. The monoisotopic (exact) mass is 456 g/mol. The van der Waals surface area contributed by atoms with E-state index in [9.17, 15) is 0 Å². The van der Waals surface area contributed by atoms with E-state index in [0.717, 1.165) is 15.8 Å². The van der Waals surface area contributed by atoms with E-state index >= 15 is 0 Å². The van der Waals surface area contributed by atoms with Crippen molar-refractivity contribution in [3.63, 3.8) is 0 Å². The van der Waals surface area contributed by atoms with Gasteiger partial charge in [0.15, 0.2) is 0 Å². The number of allylic oxidation sites excluding steroid dienone is 6. The maximum absolute atomic E-state index is 2.66. The molecule has 1 saturated carbocycles. The van der Waals surface area contributed by atoms with E-state index in [1.807, 2.05) is 0 Å². The Morgan fingerprint density at radius 2 is 1.85 bits per heavy atom. The van der Waals surface area contributed by atoms with Crippen molar-refractivity contribution >= 4 is 28.2 Å². The SMILES string of the molecule is CC1(C)c2ccccc2C2=CC=C(C3C=CC4CC(I)CCC4C3)CC21. The molecule has 4 aliphatic rings. The van der Waals surface area contributed by atoms with Gasteiger partial charge in [-0.25, -0.2) is 0 Å². The molecule has 0 saturated heterocycles. The number of halogens is 1. The fourth-order valence-electron chi connectivity index (χ4n) is 6.11. The number of benzene rings is 1. The molecule has 1 aromatic carbocycles. The van der Waals surface area contributed by atoms with Gasteiger partial charge in [0.05, 0.1) is 0 Å². The second-order valence-corrected chi connectivity index (χ2v) is 11.2. The van der Waals surface area contributed by atoms with Crippen LogP contribution in [0, 0.1) is 23.7 Å². The Balaban J connectivity index is 1.43. The van der Waals surface area contributed by atoms with Crippen LogP contribution in [-0.4, -0.2) is 3.92 Å². The Bertz CT molecular complexity index is 809. The first-order valence-electron chi connectivity index (χ1n) is 10.4. The maximum atomic E-state index is 2.66. The molecule has 0 bridgehead atoms. The van der Waals surface area contributed by atoms with E-state index < -0.39 is 0 Å². The first-order chi connectivity index (χ1) is 12.5. The number of hydrogen-bond acceptors (Lipinski definition) is 0. The fraction of sp³-hybridized carbons (Fsp3) is 0.520. The van der Waals surface area contributed by atoms with Crippen LogP contribution >= 0.6 is 22.6 Å². The van der Waals surface area contributed by atoms with Crippen LogP contribution in [0.15, 0.2) is 54.1 Å². The van der Waals surface area contributed by atoms with Gasteiger partial charge in [-0.2, -0.15) is 0 Å².